The largest absolute Gasteiger partial charge is 0.396 e. The van der Waals surface area contributed by atoms with Gasteiger partial charge in [-0.25, -0.2) is 0 Å². The van der Waals surface area contributed by atoms with Gasteiger partial charge in [0.1, 0.15) is 0 Å². The van der Waals surface area contributed by atoms with Gasteiger partial charge in [0.15, 0.2) is 0 Å². The van der Waals surface area contributed by atoms with Gasteiger partial charge in [0.05, 0.1) is 0 Å². The fourth-order valence-electron chi connectivity index (χ4n) is 3.58. The van der Waals surface area contributed by atoms with Gasteiger partial charge in [-0.05, 0) is 43.6 Å². The van der Waals surface area contributed by atoms with Crippen LogP contribution in [0, 0.1) is 11.3 Å². The Bertz CT molecular complexity index is 228. The Labute approximate surface area is 114 Å². The molecule has 0 aromatic rings. The van der Waals surface area contributed by atoms with Gasteiger partial charge in [-0.2, -0.15) is 0 Å². The maximum Gasteiger partial charge on any atom is 0.0434 e. The topological polar surface area (TPSA) is 23.5 Å². The monoisotopic (exact) mass is 303 g/mol. The summed E-state index contributed by atoms with van der Waals surface area (Å²) >= 11 is 3.75. The number of halogens is 1. The summed E-state index contributed by atoms with van der Waals surface area (Å²) in [5.41, 5.74) is 0.548. The molecule has 1 heterocycles. The van der Waals surface area contributed by atoms with Crippen LogP contribution in [-0.2, 0) is 0 Å². The van der Waals surface area contributed by atoms with Gasteiger partial charge in [-0.3, -0.25) is 0 Å². The third-order valence-electron chi connectivity index (χ3n) is 4.66. The first-order valence-corrected chi connectivity index (χ1v) is 8.29. The number of hydrogen-bond donors (Lipinski definition) is 1. The number of rotatable bonds is 5. The second-order valence-electron chi connectivity index (χ2n) is 6.10. The molecular formula is C14H26BrNO. The quantitative estimate of drug-likeness (QED) is 0.789. The Kier molecular flexibility index (Phi) is 5.31. The Morgan fingerprint density at radius 3 is 2.65 bits per heavy atom. The summed E-state index contributed by atoms with van der Waals surface area (Å²) in [6, 6.07) is 0. The third kappa shape index (κ3) is 3.68. The fourth-order valence-corrected chi connectivity index (χ4v) is 4.32. The molecular weight excluding hydrogens is 278 g/mol. The molecule has 100 valence electrons. The van der Waals surface area contributed by atoms with Crippen molar-refractivity contribution in [3.8, 4) is 0 Å². The summed E-state index contributed by atoms with van der Waals surface area (Å²) in [5.74, 6) is 0.746. The second-order valence-corrected chi connectivity index (χ2v) is 6.66. The van der Waals surface area contributed by atoms with Gasteiger partial charge in [-0.1, -0.05) is 35.2 Å². The van der Waals surface area contributed by atoms with Crippen molar-refractivity contribution < 1.29 is 5.11 Å². The summed E-state index contributed by atoms with van der Waals surface area (Å²) in [6.07, 6.45) is 9.36. The molecule has 2 nitrogen and oxygen atoms in total. The van der Waals surface area contributed by atoms with E-state index in [9.17, 15) is 0 Å². The van der Waals surface area contributed by atoms with E-state index in [1.54, 1.807) is 0 Å². The van der Waals surface area contributed by atoms with Gasteiger partial charge in [-0.15, -0.1) is 0 Å². The summed E-state index contributed by atoms with van der Waals surface area (Å²) in [4.78, 5) is 2.65. The SMILES string of the molecule is OCCC1CCN(CC2(CBr)CCCCC2)C1. The number of alkyl halides is 1. The summed E-state index contributed by atoms with van der Waals surface area (Å²) in [5, 5.41) is 10.2. The number of nitrogens with zero attached hydrogens (tertiary/aromatic N) is 1. The van der Waals surface area contributed by atoms with Gasteiger partial charge in [0.2, 0.25) is 0 Å². The minimum absolute atomic E-state index is 0.363. The van der Waals surface area contributed by atoms with Crippen molar-refractivity contribution in [1.82, 2.24) is 4.90 Å². The van der Waals surface area contributed by atoms with Crippen LogP contribution in [0.2, 0.25) is 0 Å². The van der Waals surface area contributed by atoms with Crippen molar-refractivity contribution in [2.45, 2.75) is 44.9 Å². The average molecular weight is 304 g/mol. The number of aliphatic hydroxyl groups excluding tert-OH is 1. The lowest BCUT2D eigenvalue weighted by Crippen LogP contribution is -2.39. The van der Waals surface area contributed by atoms with Crippen LogP contribution in [0.4, 0.5) is 0 Å². The zero-order chi connectivity index (χ0) is 12.1. The first kappa shape index (κ1) is 13.8. The zero-order valence-electron chi connectivity index (χ0n) is 10.8. The van der Waals surface area contributed by atoms with Crippen molar-refractivity contribution in [2.75, 3.05) is 31.6 Å². The predicted octanol–water partition coefficient (Wildman–Crippen LogP) is 3.04. The van der Waals surface area contributed by atoms with Crippen molar-refractivity contribution in [3.63, 3.8) is 0 Å². The molecule has 1 saturated carbocycles. The van der Waals surface area contributed by atoms with Crippen LogP contribution in [0.5, 0.6) is 0 Å². The Morgan fingerprint density at radius 1 is 1.24 bits per heavy atom. The lowest BCUT2D eigenvalue weighted by atomic mass is 9.75. The molecule has 2 fully saturated rings. The number of aliphatic hydroxyl groups is 1. The second kappa shape index (κ2) is 6.53. The molecule has 1 saturated heterocycles. The van der Waals surface area contributed by atoms with E-state index in [0.717, 1.165) is 12.3 Å². The number of likely N-dealkylation sites (tertiary alicyclic amines) is 1. The maximum absolute atomic E-state index is 9.01. The van der Waals surface area contributed by atoms with Gasteiger partial charge in [0.25, 0.3) is 0 Å². The molecule has 0 radical (unpaired) electrons. The van der Waals surface area contributed by atoms with Gasteiger partial charge in [0, 0.05) is 25.0 Å². The van der Waals surface area contributed by atoms with Crippen LogP contribution in [-0.4, -0.2) is 41.6 Å². The highest BCUT2D eigenvalue weighted by Gasteiger charge is 2.34. The van der Waals surface area contributed by atoms with E-state index in [0.29, 0.717) is 12.0 Å². The molecule has 1 aliphatic heterocycles. The molecule has 3 heteroatoms. The minimum Gasteiger partial charge on any atom is -0.396 e. The van der Waals surface area contributed by atoms with Crippen LogP contribution in [0.25, 0.3) is 0 Å². The van der Waals surface area contributed by atoms with Gasteiger partial charge >= 0.3 is 0 Å². The maximum atomic E-state index is 9.01. The van der Waals surface area contributed by atoms with E-state index in [4.69, 9.17) is 5.11 Å². The molecule has 1 unspecified atom stereocenters. The molecule has 1 atom stereocenters. The number of hydrogen-bond acceptors (Lipinski definition) is 2. The van der Waals surface area contributed by atoms with Crippen LogP contribution in [0.15, 0.2) is 0 Å². The smallest absolute Gasteiger partial charge is 0.0434 e. The highest BCUT2D eigenvalue weighted by atomic mass is 79.9. The average Bonchev–Trinajstić information content (AvgIpc) is 2.78. The molecule has 0 amide bonds. The molecule has 1 aliphatic carbocycles. The van der Waals surface area contributed by atoms with E-state index in [2.05, 4.69) is 20.8 Å². The molecule has 0 aromatic carbocycles. The van der Waals surface area contributed by atoms with Gasteiger partial charge < -0.3 is 10.0 Å². The molecule has 0 aromatic heterocycles. The minimum atomic E-state index is 0.363. The highest BCUT2D eigenvalue weighted by Crippen LogP contribution is 2.39. The molecule has 0 bridgehead atoms. The normalized spacial score (nSPS) is 29.6. The first-order chi connectivity index (χ1) is 8.28. The molecule has 17 heavy (non-hydrogen) atoms. The Morgan fingerprint density at radius 2 is 2.00 bits per heavy atom. The van der Waals surface area contributed by atoms with Crippen LogP contribution in [0.3, 0.4) is 0 Å². The summed E-state index contributed by atoms with van der Waals surface area (Å²) in [6.45, 7) is 4.11. The van der Waals surface area contributed by atoms with Crippen molar-refractivity contribution >= 4 is 15.9 Å². The van der Waals surface area contributed by atoms with Crippen LogP contribution in [0.1, 0.15) is 44.9 Å². The van der Waals surface area contributed by atoms with Crippen LogP contribution < -0.4 is 0 Å². The van der Waals surface area contributed by atoms with E-state index in [1.807, 2.05) is 0 Å². The van der Waals surface area contributed by atoms with Crippen LogP contribution >= 0.6 is 15.9 Å². The van der Waals surface area contributed by atoms with Crippen molar-refractivity contribution in [1.29, 1.82) is 0 Å². The predicted molar refractivity (Wildman–Crippen MR) is 75.6 cm³/mol. The molecule has 0 spiro atoms. The van der Waals surface area contributed by atoms with E-state index in [-0.39, 0.29) is 0 Å². The standard InChI is InChI=1S/C14H26BrNO/c15-11-14(6-2-1-3-7-14)12-16-8-4-13(10-16)5-9-17/h13,17H,1-12H2. The fraction of sp³-hybridized carbons (Fsp3) is 1.00. The lowest BCUT2D eigenvalue weighted by Gasteiger charge is -2.39. The molecule has 2 rings (SSSR count). The first-order valence-electron chi connectivity index (χ1n) is 7.17. The summed E-state index contributed by atoms with van der Waals surface area (Å²) in [7, 11) is 0. The highest BCUT2D eigenvalue weighted by molar-refractivity contribution is 9.09. The van der Waals surface area contributed by atoms with E-state index >= 15 is 0 Å². The van der Waals surface area contributed by atoms with Crippen molar-refractivity contribution in [3.05, 3.63) is 0 Å². The van der Waals surface area contributed by atoms with E-state index in [1.165, 1.54) is 63.5 Å². The Hall–Kier alpha value is 0.400. The third-order valence-corrected chi connectivity index (χ3v) is 5.85. The van der Waals surface area contributed by atoms with E-state index < -0.39 is 0 Å². The Balaban J connectivity index is 1.83. The lowest BCUT2D eigenvalue weighted by molar-refractivity contribution is 0.140. The summed E-state index contributed by atoms with van der Waals surface area (Å²) < 4.78 is 0. The molecule has 2 aliphatic rings. The van der Waals surface area contributed by atoms with Crippen molar-refractivity contribution in [2.24, 2.45) is 11.3 Å². The molecule has 1 N–H and O–H groups in total. The zero-order valence-corrected chi connectivity index (χ0v) is 12.4.